The van der Waals surface area contributed by atoms with Gasteiger partial charge in [0.15, 0.2) is 5.69 Å². The lowest BCUT2D eigenvalue weighted by Gasteiger charge is -2.24. The number of hydrogen-bond donors (Lipinski definition) is 0. The lowest BCUT2D eigenvalue weighted by molar-refractivity contribution is -0.00112. The molecule has 3 heterocycles. The van der Waals surface area contributed by atoms with Crippen LogP contribution in [0.1, 0.15) is 24.3 Å². The van der Waals surface area contributed by atoms with E-state index in [0.717, 1.165) is 22.6 Å². The van der Waals surface area contributed by atoms with E-state index in [1.807, 2.05) is 66.2 Å². The maximum absolute atomic E-state index is 6.01. The summed E-state index contributed by atoms with van der Waals surface area (Å²) in [5, 5.41) is 9.49. The van der Waals surface area contributed by atoms with Crippen LogP contribution in [0.25, 0.3) is 23.0 Å². The van der Waals surface area contributed by atoms with Gasteiger partial charge in [-0.15, -0.1) is 0 Å². The van der Waals surface area contributed by atoms with Crippen LogP contribution in [-0.2, 0) is 17.9 Å². The van der Waals surface area contributed by atoms with Gasteiger partial charge in [-0.25, -0.2) is 0 Å². The molecule has 0 radical (unpaired) electrons. The van der Waals surface area contributed by atoms with E-state index in [9.17, 15) is 0 Å². The molecule has 1 aliphatic rings. The number of nitrogens with zero attached hydrogens (tertiary/aromatic N) is 4. The Morgan fingerprint density at radius 3 is 2.83 bits per heavy atom. The summed E-state index contributed by atoms with van der Waals surface area (Å²) in [5.41, 5.74) is 3.43. The molecule has 2 aromatic heterocycles. The topological polar surface area (TPSA) is 75.2 Å². The van der Waals surface area contributed by atoms with Gasteiger partial charge >= 0.3 is 0 Å². The van der Waals surface area contributed by atoms with Gasteiger partial charge in [-0.05, 0) is 42.8 Å². The summed E-state index contributed by atoms with van der Waals surface area (Å²) < 4.78 is 19.1. The van der Waals surface area contributed by atoms with Crippen molar-refractivity contribution in [3.63, 3.8) is 0 Å². The van der Waals surface area contributed by atoms with Crippen LogP contribution in [0.4, 0.5) is 0 Å². The van der Waals surface area contributed by atoms with Crippen molar-refractivity contribution < 1.29 is 14.0 Å². The fourth-order valence-electron chi connectivity index (χ4n) is 3.48. The summed E-state index contributed by atoms with van der Waals surface area (Å²) in [7, 11) is 0. The number of para-hydroxylation sites is 1. The van der Waals surface area contributed by atoms with Crippen LogP contribution in [0.2, 0.25) is 5.02 Å². The van der Waals surface area contributed by atoms with Gasteiger partial charge in [0.05, 0.1) is 31.0 Å². The molecule has 8 heteroatoms. The number of fused-ring (bicyclic) bond motifs is 1. The van der Waals surface area contributed by atoms with Gasteiger partial charge in [-0.2, -0.15) is 10.1 Å². The molecule has 0 saturated carbocycles. The van der Waals surface area contributed by atoms with Crippen molar-refractivity contribution in [1.29, 1.82) is 0 Å². The number of ether oxygens (including phenoxy) is 2. The first-order chi connectivity index (χ1) is 14.7. The highest BCUT2D eigenvalue weighted by atomic mass is 35.5. The van der Waals surface area contributed by atoms with Crippen LogP contribution in [0, 0.1) is 0 Å². The number of benzene rings is 2. The van der Waals surface area contributed by atoms with Gasteiger partial charge in [-0.3, -0.25) is 4.68 Å². The molecule has 0 aliphatic carbocycles. The Labute approximate surface area is 178 Å². The minimum absolute atomic E-state index is 0.0844. The van der Waals surface area contributed by atoms with Gasteiger partial charge in [-0.1, -0.05) is 41.0 Å². The van der Waals surface area contributed by atoms with Gasteiger partial charge in [0.1, 0.15) is 11.9 Å². The van der Waals surface area contributed by atoms with Crippen LogP contribution in [0.15, 0.2) is 59.1 Å². The molecule has 5 rings (SSSR count). The molecular formula is C22H19ClN4O3. The summed E-state index contributed by atoms with van der Waals surface area (Å²) in [6.07, 6.45) is -0.0844. The predicted octanol–water partition coefficient (Wildman–Crippen LogP) is 4.92. The molecule has 4 aromatic rings. The largest absolute Gasteiger partial charge is 0.493 e. The fourth-order valence-corrected chi connectivity index (χ4v) is 3.60. The summed E-state index contributed by atoms with van der Waals surface area (Å²) in [5.74, 6) is 1.55. The second-order valence-corrected chi connectivity index (χ2v) is 7.34. The third-order valence-electron chi connectivity index (χ3n) is 4.95. The van der Waals surface area contributed by atoms with Crippen molar-refractivity contribution in [1.82, 2.24) is 19.9 Å². The van der Waals surface area contributed by atoms with E-state index in [-0.39, 0.29) is 6.10 Å². The molecule has 152 valence electrons. The van der Waals surface area contributed by atoms with E-state index in [1.165, 1.54) is 0 Å². The van der Waals surface area contributed by atoms with E-state index in [0.29, 0.717) is 42.2 Å². The molecule has 0 saturated heterocycles. The molecule has 0 bridgehead atoms. The zero-order valence-electron chi connectivity index (χ0n) is 16.3. The van der Waals surface area contributed by atoms with Crippen LogP contribution in [0.3, 0.4) is 0 Å². The average molecular weight is 423 g/mol. The summed E-state index contributed by atoms with van der Waals surface area (Å²) in [4.78, 5) is 4.53. The minimum Gasteiger partial charge on any atom is -0.493 e. The Balaban J connectivity index is 1.40. The van der Waals surface area contributed by atoms with Crippen molar-refractivity contribution in [2.75, 3.05) is 6.61 Å². The molecule has 1 atom stereocenters. The third kappa shape index (κ3) is 3.58. The predicted molar refractivity (Wildman–Crippen MR) is 111 cm³/mol. The van der Waals surface area contributed by atoms with Crippen LogP contribution < -0.4 is 4.74 Å². The standard InChI is InChI=1S/C22H19ClN4O3/c1-2-28-19-6-4-3-5-17(19)21-24-22(30-26-21)18-11-16-13-29-20(12-27(16)25-18)14-7-9-15(23)10-8-14/h3-11,20H,2,12-13H2,1H3/t20-/m1/s1. The number of aromatic nitrogens is 4. The smallest absolute Gasteiger partial charge is 0.278 e. The molecule has 0 fully saturated rings. The summed E-state index contributed by atoms with van der Waals surface area (Å²) >= 11 is 5.99. The molecule has 0 unspecified atom stereocenters. The molecule has 0 spiro atoms. The zero-order chi connectivity index (χ0) is 20.5. The lowest BCUT2D eigenvalue weighted by Crippen LogP contribution is -2.21. The van der Waals surface area contributed by atoms with Crippen molar-refractivity contribution >= 4 is 11.6 Å². The molecule has 7 nitrogen and oxygen atoms in total. The molecular weight excluding hydrogens is 404 g/mol. The van der Waals surface area contributed by atoms with Gasteiger partial charge in [0.2, 0.25) is 5.82 Å². The molecule has 0 amide bonds. The van der Waals surface area contributed by atoms with Gasteiger partial charge in [0, 0.05) is 5.02 Å². The Hall–Kier alpha value is -3.16. The Morgan fingerprint density at radius 2 is 2.00 bits per heavy atom. The second kappa shape index (κ2) is 7.93. The first kappa shape index (κ1) is 18.8. The minimum atomic E-state index is -0.0844. The monoisotopic (exact) mass is 422 g/mol. The molecule has 1 aliphatic heterocycles. The maximum atomic E-state index is 6.01. The molecule has 30 heavy (non-hydrogen) atoms. The summed E-state index contributed by atoms with van der Waals surface area (Å²) in [6.45, 7) is 3.55. The fraction of sp³-hybridized carbons (Fsp3) is 0.227. The number of halogens is 1. The van der Waals surface area contributed by atoms with E-state index in [4.69, 9.17) is 25.6 Å². The Bertz CT molecular complexity index is 1170. The van der Waals surface area contributed by atoms with Gasteiger partial charge in [0.25, 0.3) is 5.89 Å². The Morgan fingerprint density at radius 1 is 1.17 bits per heavy atom. The molecule has 0 N–H and O–H groups in total. The Kier molecular flexibility index (Phi) is 4.98. The van der Waals surface area contributed by atoms with Crippen LogP contribution >= 0.6 is 11.6 Å². The van der Waals surface area contributed by atoms with Crippen LogP contribution in [0.5, 0.6) is 5.75 Å². The highest BCUT2D eigenvalue weighted by molar-refractivity contribution is 6.30. The van der Waals surface area contributed by atoms with E-state index < -0.39 is 0 Å². The quantitative estimate of drug-likeness (QED) is 0.454. The van der Waals surface area contributed by atoms with Crippen molar-refractivity contribution in [3.05, 3.63) is 70.9 Å². The molecule has 2 aromatic carbocycles. The van der Waals surface area contributed by atoms with Gasteiger partial charge < -0.3 is 14.0 Å². The zero-order valence-corrected chi connectivity index (χ0v) is 17.0. The normalized spacial score (nSPS) is 15.7. The van der Waals surface area contributed by atoms with Crippen molar-refractivity contribution in [2.45, 2.75) is 26.2 Å². The first-order valence-electron chi connectivity index (χ1n) is 9.71. The van der Waals surface area contributed by atoms with E-state index in [2.05, 4.69) is 15.2 Å². The number of rotatable bonds is 5. The van der Waals surface area contributed by atoms with E-state index >= 15 is 0 Å². The SMILES string of the molecule is CCOc1ccccc1-c1noc(-c2cc3n(n2)C[C@H](c2ccc(Cl)cc2)OC3)n1. The van der Waals surface area contributed by atoms with Crippen molar-refractivity contribution in [2.24, 2.45) is 0 Å². The average Bonchev–Trinajstić information content (AvgIpc) is 3.41. The number of hydrogen-bond acceptors (Lipinski definition) is 6. The lowest BCUT2D eigenvalue weighted by atomic mass is 10.1. The first-order valence-corrected chi connectivity index (χ1v) is 10.1. The second-order valence-electron chi connectivity index (χ2n) is 6.91. The third-order valence-corrected chi connectivity index (χ3v) is 5.20. The highest BCUT2D eigenvalue weighted by Gasteiger charge is 2.24. The highest BCUT2D eigenvalue weighted by Crippen LogP contribution is 2.31. The van der Waals surface area contributed by atoms with Crippen molar-refractivity contribution in [3.8, 4) is 28.7 Å². The summed E-state index contributed by atoms with van der Waals surface area (Å²) in [6, 6.07) is 17.2. The van der Waals surface area contributed by atoms with E-state index in [1.54, 1.807) is 0 Å². The van der Waals surface area contributed by atoms with Crippen LogP contribution in [-0.4, -0.2) is 26.5 Å². The maximum Gasteiger partial charge on any atom is 0.278 e.